The van der Waals surface area contributed by atoms with Gasteiger partial charge in [-0.3, -0.25) is 4.79 Å². The molecule has 124 valence electrons. The summed E-state index contributed by atoms with van der Waals surface area (Å²) in [5.74, 6) is -0.711. The van der Waals surface area contributed by atoms with E-state index in [9.17, 15) is 9.59 Å². The standard InChI is InChI=1S/C19H18ClNO3/c1-13(2)24-19(23)15-4-3-5-17(12-15)21-18(22)11-8-14-6-9-16(20)10-7-14/h3-13H,1-2H3,(H,21,22)/b11-8+. The fraction of sp³-hybridized carbons (Fsp3) is 0.158. The summed E-state index contributed by atoms with van der Waals surface area (Å²) in [5, 5.41) is 3.35. The van der Waals surface area contributed by atoms with Gasteiger partial charge in [-0.05, 0) is 55.8 Å². The first kappa shape index (κ1) is 17.8. The monoisotopic (exact) mass is 343 g/mol. The van der Waals surface area contributed by atoms with Crippen molar-refractivity contribution in [3.8, 4) is 0 Å². The van der Waals surface area contributed by atoms with E-state index in [1.165, 1.54) is 6.08 Å². The van der Waals surface area contributed by atoms with E-state index in [0.717, 1.165) is 5.56 Å². The quantitative estimate of drug-likeness (QED) is 0.639. The van der Waals surface area contributed by atoms with Gasteiger partial charge >= 0.3 is 5.97 Å². The fourth-order valence-corrected chi connectivity index (χ4v) is 2.06. The molecule has 0 fully saturated rings. The minimum absolute atomic E-state index is 0.196. The second-order valence-corrected chi connectivity index (χ2v) is 5.85. The lowest BCUT2D eigenvalue weighted by molar-refractivity contribution is -0.111. The summed E-state index contributed by atoms with van der Waals surface area (Å²) >= 11 is 5.81. The molecule has 2 aromatic rings. The predicted molar refractivity (Wildman–Crippen MR) is 96.1 cm³/mol. The van der Waals surface area contributed by atoms with Gasteiger partial charge in [-0.25, -0.2) is 4.79 Å². The van der Waals surface area contributed by atoms with E-state index in [0.29, 0.717) is 16.3 Å². The summed E-state index contributed by atoms with van der Waals surface area (Å²) in [7, 11) is 0. The average Bonchev–Trinajstić information content (AvgIpc) is 2.54. The maximum absolute atomic E-state index is 12.0. The van der Waals surface area contributed by atoms with Crippen molar-refractivity contribution in [2.24, 2.45) is 0 Å². The fourth-order valence-electron chi connectivity index (χ4n) is 1.94. The molecule has 24 heavy (non-hydrogen) atoms. The summed E-state index contributed by atoms with van der Waals surface area (Å²) in [4.78, 5) is 23.8. The molecule has 0 radical (unpaired) electrons. The van der Waals surface area contributed by atoms with Gasteiger partial charge in [-0.2, -0.15) is 0 Å². The zero-order valence-electron chi connectivity index (χ0n) is 13.5. The maximum atomic E-state index is 12.0. The third kappa shape index (κ3) is 5.56. The van der Waals surface area contributed by atoms with Crippen LogP contribution in [0.2, 0.25) is 5.02 Å². The van der Waals surface area contributed by atoms with Crippen molar-refractivity contribution < 1.29 is 14.3 Å². The van der Waals surface area contributed by atoms with E-state index in [4.69, 9.17) is 16.3 Å². The number of benzene rings is 2. The Morgan fingerprint density at radius 2 is 1.83 bits per heavy atom. The van der Waals surface area contributed by atoms with Gasteiger partial charge in [0, 0.05) is 16.8 Å². The lowest BCUT2D eigenvalue weighted by atomic mass is 10.2. The van der Waals surface area contributed by atoms with Crippen LogP contribution in [0.3, 0.4) is 0 Å². The molecular formula is C19H18ClNO3. The Balaban J connectivity index is 2.01. The van der Waals surface area contributed by atoms with Crippen LogP contribution in [0.5, 0.6) is 0 Å². The number of hydrogen-bond donors (Lipinski definition) is 1. The topological polar surface area (TPSA) is 55.4 Å². The largest absolute Gasteiger partial charge is 0.459 e. The molecule has 5 heteroatoms. The van der Waals surface area contributed by atoms with Crippen molar-refractivity contribution >= 4 is 35.2 Å². The number of rotatable bonds is 5. The Morgan fingerprint density at radius 1 is 1.12 bits per heavy atom. The summed E-state index contributed by atoms with van der Waals surface area (Å²) in [5.41, 5.74) is 1.78. The van der Waals surface area contributed by atoms with Crippen LogP contribution in [0.25, 0.3) is 6.08 Å². The Morgan fingerprint density at radius 3 is 2.50 bits per heavy atom. The lowest BCUT2D eigenvalue weighted by Gasteiger charge is -2.09. The van der Waals surface area contributed by atoms with E-state index < -0.39 is 5.97 Å². The van der Waals surface area contributed by atoms with E-state index >= 15 is 0 Å². The van der Waals surface area contributed by atoms with Crippen LogP contribution in [-0.4, -0.2) is 18.0 Å². The molecule has 2 aromatic carbocycles. The first-order chi connectivity index (χ1) is 11.4. The minimum atomic E-state index is -0.419. The van der Waals surface area contributed by atoms with E-state index in [-0.39, 0.29) is 12.0 Å². The molecule has 2 rings (SSSR count). The molecule has 0 heterocycles. The van der Waals surface area contributed by atoms with Crippen molar-refractivity contribution in [1.29, 1.82) is 0 Å². The molecule has 0 spiro atoms. The van der Waals surface area contributed by atoms with Gasteiger partial charge < -0.3 is 10.1 Å². The number of nitrogens with one attached hydrogen (secondary N) is 1. The highest BCUT2D eigenvalue weighted by molar-refractivity contribution is 6.30. The Bertz CT molecular complexity index is 751. The first-order valence-corrected chi connectivity index (χ1v) is 7.87. The normalized spacial score (nSPS) is 10.8. The number of halogens is 1. The molecule has 0 aliphatic heterocycles. The van der Waals surface area contributed by atoms with Crippen LogP contribution < -0.4 is 5.32 Å². The van der Waals surface area contributed by atoms with Gasteiger partial charge in [0.2, 0.25) is 5.91 Å². The van der Waals surface area contributed by atoms with Gasteiger partial charge in [0.1, 0.15) is 0 Å². The maximum Gasteiger partial charge on any atom is 0.338 e. The van der Waals surface area contributed by atoms with Crippen LogP contribution in [0, 0.1) is 0 Å². The third-order valence-corrected chi connectivity index (χ3v) is 3.26. The van der Waals surface area contributed by atoms with Crippen LogP contribution in [-0.2, 0) is 9.53 Å². The zero-order chi connectivity index (χ0) is 17.5. The number of carbonyl (C=O) groups excluding carboxylic acids is 2. The number of esters is 1. The van der Waals surface area contributed by atoms with Gasteiger partial charge in [0.25, 0.3) is 0 Å². The van der Waals surface area contributed by atoms with Crippen molar-refractivity contribution in [2.45, 2.75) is 20.0 Å². The summed E-state index contributed by atoms with van der Waals surface area (Å²) in [6.45, 7) is 3.57. The minimum Gasteiger partial charge on any atom is -0.459 e. The molecule has 1 N–H and O–H groups in total. The highest BCUT2D eigenvalue weighted by Gasteiger charge is 2.10. The molecule has 0 bridgehead atoms. The van der Waals surface area contributed by atoms with Crippen molar-refractivity contribution in [1.82, 2.24) is 0 Å². The summed E-state index contributed by atoms with van der Waals surface area (Å²) < 4.78 is 5.13. The van der Waals surface area contributed by atoms with Crippen LogP contribution in [0.1, 0.15) is 29.8 Å². The smallest absolute Gasteiger partial charge is 0.338 e. The highest BCUT2D eigenvalue weighted by Crippen LogP contribution is 2.14. The number of carbonyl (C=O) groups is 2. The summed E-state index contributed by atoms with van der Waals surface area (Å²) in [6, 6.07) is 13.8. The van der Waals surface area contributed by atoms with Gasteiger partial charge in [-0.15, -0.1) is 0 Å². The SMILES string of the molecule is CC(C)OC(=O)c1cccc(NC(=O)/C=C/c2ccc(Cl)cc2)c1. The molecular weight excluding hydrogens is 326 g/mol. The number of amides is 1. The van der Waals surface area contributed by atoms with Crippen LogP contribution in [0.15, 0.2) is 54.6 Å². The first-order valence-electron chi connectivity index (χ1n) is 7.50. The molecule has 0 aliphatic rings. The second kappa shape index (κ2) is 8.31. The molecule has 0 saturated heterocycles. The number of ether oxygens (including phenoxy) is 1. The Labute approximate surface area is 146 Å². The van der Waals surface area contributed by atoms with Crippen LogP contribution >= 0.6 is 11.6 Å². The van der Waals surface area contributed by atoms with Gasteiger partial charge in [0.05, 0.1) is 11.7 Å². The zero-order valence-corrected chi connectivity index (χ0v) is 14.2. The van der Waals surface area contributed by atoms with E-state index in [1.807, 2.05) is 12.1 Å². The number of hydrogen-bond acceptors (Lipinski definition) is 3. The Kier molecular flexibility index (Phi) is 6.15. The average molecular weight is 344 g/mol. The molecule has 0 aromatic heterocycles. The lowest BCUT2D eigenvalue weighted by Crippen LogP contribution is -2.13. The third-order valence-electron chi connectivity index (χ3n) is 3.01. The van der Waals surface area contributed by atoms with Gasteiger partial charge in [0.15, 0.2) is 0 Å². The Hall–Kier alpha value is -2.59. The highest BCUT2D eigenvalue weighted by atomic mass is 35.5. The van der Waals surface area contributed by atoms with Crippen molar-refractivity contribution in [3.05, 3.63) is 70.8 Å². The van der Waals surface area contributed by atoms with E-state index in [1.54, 1.807) is 56.3 Å². The molecule has 0 saturated carbocycles. The van der Waals surface area contributed by atoms with Crippen molar-refractivity contribution in [3.63, 3.8) is 0 Å². The summed E-state index contributed by atoms with van der Waals surface area (Å²) in [6.07, 6.45) is 2.91. The van der Waals surface area contributed by atoms with E-state index in [2.05, 4.69) is 5.32 Å². The molecule has 1 amide bonds. The van der Waals surface area contributed by atoms with Crippen LogP contribution in [0.4, 0.5) is 5.69 Å². The molecule has 0 aliphatic carbocycles. The predicted octanol–water partition coefficient (Wildman–Crippen LogP) is 4.56. The molecule has 0 atom stereocenters. The number of anilines is 1. The van der Waals surface area contributed by atoms with Crippen molar-refractivity contribution in [2.75, 3.05) is 5.32 Å². The molecule has 0 unspecified atom stereocenters. The van der Waals surface area contributed by atoms with Gasteiger partial charge in [-0.1, -0.05) is 29.8 Å². The molecule has 4 nitrogen and oxygen atoms in total. The second-order valence-electron chi connectivity index (χ2n) is 5.41.